The van der Waals surface area contributed by atoms with E-state index >= 15 is 0 Å². The summed E-state index contributed by atoms with van der Waals surface area (Å²) in [5, 5.41) is 10.5. The molecule has 16 heavy (non-hydrogen) atoms. The molecule has 1 saturated carbocycles. The van der Waals surface area contributed by atoms with Gasteiger partial charge in [0.2, 0.25) is 0 Å². The van der Waals surface area contributed by atoms with Gasteiger partial charge in [-0.1, -0.05) is 12.1 Å². The smallest absolute Gasteiger partial charge is 0.120 e. The summed E-state index contributed by atoms with van der Waals surface area (Å²) >= 11 is 1.82. The fourth-order valence-corrected chi connectivity index (χ4v) is 3.29. The molecule has 1 N–H and O–H groups in total. The van der Waals surface area contributed by atoms with Crippen molar-refractivity contribution in [2.45, 2.75) is 31.0 Å². The number of rotatable bonds is 3. The molecule has 0 amide bonds. The molecule has 2 aliphatic rings. The Morgan fingerprint density at radius 2 is 2.25 bits per heavy atom. The van der Waals surface area contributed by atoms with Gasteiger partial charge in [0.15, 0.2) is 0 Å². The van der Waals surface area contributed by atoms with E-state index in [0.29, 0.717) is 6.10 Å². The van der Waals surface area contributed by atoms with Crippen molar-refractivity contribution in [2.24, 2.45) is 0 Å². The van der Waals surface area contributed by atoms with Gasteiger partial charge >= 0.3 is 0 Å². The Balaban J connectivity index is 1.82. The van der Waals surface area contributed by atoms with Crippen LogP contribution < -0.4 is 4.74 Å². The highest BCUT2D eigenvalue weighted by Crippen LogP contribution is 2.38. The fraction of sp³-hybridized carbons (Fsp3) is 0.538. The second-order valence-electron chi connectivity index (χ2n) is 4.68. The Kier molecular flexibility index (Phi) is 2.60. The molecule has 1 aromatic carbocycles. The van der Waals surface area contributed by atoms with Gasteiger partial charge in [0, 0.05) is 5.75 Å². The van der Waals surface area contributed by atoms with Crippen molar-refractivity contribution in [3.8, 4) is 5.75 Å². The SMILES string of the molecule is OC1(c2cccc(OC3CC3)c2)CCSC1. The molecule has 3 heteroatoms. The van der Waals surface area contributed by atoms with Crippen LogP contribution in [-0.2, 0) is 5.60 Å². The van der Waals surface area contributed by atoms with Crippen LogP contribution in [0.4, 0.5) is 0 Å². The number of ether oxygens (including phenoxy) is 1. The summed E-state index contributed by atoms with van der Waals surface area (Å²) in [6.45, 7) is 0. The number of benzene rings is 1. The van der Waals surface area contributed by atoms with Crippen molar-refractivity contribution in [1.29, 1.82) is 0 Å². The molecule has 0 bridgehead atoms. The maximum Gasteiger partial charge on any atom is 0.120 e. The topological polar surface area (TPSA) is 29.5 Å². The van der Waals surface area contributed by atoms with Gasteiger partial charge in [0.05, 0.1) is 11.7 Å². The Morgan fingerprint density at radius 1 is 1.38 bits per heavy atom. The van der Waals surface area contributed by atoms with E-state index in [1.54, 1.807) is 0 Å². The van der Waals surface area contributed by atoms with Gasteiger partial charge < -0.3 is 9.84 Å². The molecule has 1 aromatic rings. The van der Waals surface area contributed by atoms with E-state index in [2.05, 4.69) is 0 Å². The van der Waals surface area contributed by atoms with E-state index in [4.69, 9.17) is 4.74 Å². The molecule has 0 radical (unpaired) electrons. The molecule has 3 rings (SSSR count). The number of aliphatic hydroxyl groups is 1. The summed E-state index contributed by atoms with van der Waals surface area (Å²) < 4.78 is 5.75. The van der Waals surface area contributed by atoms with E-state index in [9.17, 15) is 5.11 Å². The molecular formula is C13H16O2S. The Labute approximate surface area is 100 Å². The third kappa shape index (κ3) is 2.06. The quantitative estimate of drug-likeness (QED) is 0.874. The van der Waals surface area contributed by atoms with Gasteiger partial charge in [0.25, 0.3) is 0 Å². The summed E-state index contributed by atoms with van der Waals surface area (Å²) in [6, 6.07) is 7.97. The Bertz CT molecular complexity index is 381. The van der Waals surface area contributed by atoms with E-state index in [-0.39, 0.29) is 0 Å². The van der Waals surface area contributed by atoms with Crippen LogP contribution in [0, 0.1) is 0 Å². The molecule has 2 nitrogen and oxygen atoms in total. The molecule has 1 unspecified atom stereocenters. The van der Waals surface area contributed by atoms with Gasteiger partial charge in [-0.3, -0.25) is 0 Å². The monoisotopic (exact) mass is 236 g/mol. The highest BCUT2D eigenvalue weighted by atomic mass is 32.2. The Hall–Kier alpha value is -0.670. The molecule has 1 atom stereocenters. The lowest BCUT2D eigenvalue weighted by atomic mass is 9.93. The molecule has 0 spiro atoms. The van der Waals surface area contributed by atoms with Crippen LogP contribution in [0.2, 0.25) is 0 Å². The number of hydrogen-bond acceptors (Lipinski definition) is 3. The third-order valence-corrected chi connectivity index (χ3v) is 4.37. The summed E-state index contributed by atoms with van der Waals surface area (Å²) in [6.07, 6.45) is 3.61. The van der Waals surface area contributed by atoms with Crippen molar-refractivity contribution in [3.63, 3.8) is 0 Å². The predicted molar refractivity (Wildman–Crippen MR) is 65.9 cm³/mol. The lowest BCUT2D eigenvalue weighted by molar-refractivity contribution is 0.0654. The van der Waals surface area contributed by atoms with Gasteiger partial charge in [-0.25, -0.2) is 0 Å². The average molecular weight is 236 g/mol. The lowest BCUT2D eigenvalue weighted by Gasteiger charge is -2.22. The van der Waals surface area contributed by atoms with Crippen LogP contribution in [0.15, 0.2) is 24.3 Å². The van der Waals surface area contributed by atoms with Crippen molar-refractivity contribution < 1.29 is 9.84 Å². The fourth-order valence-electron chi connectivity index (χ4n) is 2.02. The summed E-state index contributed by atoms with van der Waals surface area (Å²) in [5.41, 5.74) is 0.378. The molecule has 1 aliphatic heterocycles. The molecule has 2 fully saturated rings. The first-order chi connectivity index (χ1) is 7.76. The van der Waals surface area contributed by atoms with E-state index in [1.807, 2.05) is 36.0 Å². The zero-order valence-corrected chi connectivity index (χ0v) is 10.0. The predicted octanol–water partition coefficient (Wildman–Crippen LogP) is 2.55. The molecular weight excluding hydrogens is 220 g/mol. The van der Waals surface area contributed by atoms with Crippen LogP contribution in [0.5, 0.6) is 5.75 Å². The minimum Gasteiger partial charge on any atom is -0.490 e. The Morgan fingerprint density at radius 3 is 2.94 bits per heavy atom. The van der Waals surface area contributed by atoms with Crippen LogP contribution in [-0.4, -0.2) is 22.7 Å². The maximum absolute atomic E-state index is 10.5. The first-order valence-electron chi connectivity index (χ1n) is 5.84. The van der Waals surface area contributed by atoms with Crippen molar-refractivity contribution in [3.05, 3.63) is 29.8 Å². The van der Waals surface area contributed by atoms with Gasteiger partial charge in [-0.15, -0.1) is 0 Å². The first-order valence-corrected chi connectivity index (χ1v) is 6.99. The van der Waals surface area contributed by atoms with Gasteiger partial charge in [-0.2, -0.15) is 11.8 Å². The molecule has 86 valence electrons. The van der Waals surface area contributed by atoms with Crippen LogP contribution in [0.25, 0.3) is 0 Å². The highest BCUT2D eigenvalue weighted by Gasteiger charge is 2.34. The zero-order chi connectivity index (χ0) is 11.0. The minimum absolute atomic E-state index is 0.419. The summed E-state index contributed by atoms with van der Waals surface area (Å²) in [4.78, 5) is 0. The maximum atomic E-state index is 10.5. The molecule has 0 aromatic heterocycles. The van der Waals surface area contributed by atoms with E-state index in [1.165, 1.54) is 12.8 Å². The third-order valence-electron chi connectivity index (χ3n) is 3.20. The van der Waals surface area contributed by atoms with Crippen molar-refractivity contribution in [1.82, 2.24) is 0 Å². The van der Waals surface area contributed by atoms with E-state index in [0.717, 1.165) is 29.2 Å². The van der Waals surface area contributed by atoms with E-state index < -0.39 is 5.60 Å². The molecule has 1 heterocycles. The molecule has 1 saturated heterocycles. The average Bonchev–Trinajstić information content (AvgIpc) is 2.99. The zero-order valence-electron chi connectivity index (χ0n) is 9.19. The second-order valence-corrected chi connectivity index (χ2v) is 5.78. The summed E-state index contributed by atoms with van der Waals surface area (Å²) in [7, 11) is 0. The largest absolute Gasteiger partial charge is 0.490 e. The number of thioether (sulfide) groups is 1. The minimum atomic E-state index is -0.631. The first kappa shape index (κ1) is 10.5. The lowest BCUT2D eigenvalue weighted by Crippen LogP contribution is -2.24. The number of hydrogen-bond donors (Lipinski definition) is 1. The van der Waals surface area contributed by atoms with Crippen LogP contribution in [0.1, 0.15) is 24.8 Å². The molecule has 1 aliphatic carbocycles. The van der Waals surface area contributed by atoms with Gasteiger partial charge in [-0.05, 0) is 42.7 Å². The van der Waals surface area contributed by atoms with Crippen molar-refractivity contribution in [2.75, 3.05) is 11.5 Å². The summed E-state index contributed by atoms with van der Waals surface area (Å²) in [5.74, 6) is 2.76. The standard InChI is InChI=1S/C13H16O2S/c14-13(6-7-16-9-13)10-2-1-3-12(8-10)15-11-4-5-11/h1-3,8,11,14H,4-7,9H2. The normalized spacial score (nSPS) is 29.3. The van der Waals surface area contributed by atoms with Gasteiger partial charge in [0.1, 0.15) is 5.75 Å². The van der Waals surface area contributed by atoms with Crippen LogP contribution >= 0.6 is 11.8 Å². The highest BCUT2D eigenvalue weighted by molar-refractivity contribution is 7.99. The second kappa shape index (κ2) is 3.97. The van der Waals surface area contributed by atoms with Crippen LogP contribution in [0.3, 0.4) is 0 Å². The van der Waals surface area contributed by atoms with Crippen molar-refractivity contribution >= 4 is 11.8 Å².